The predicted octanol–water partition coefficient (Wildman–Crippen LogP) is 3.11. The van der Waals surface area contributed by atoms with Crippen LogP contribution in [0.15, 0.2) is 24.3 Å². The summed E-state index contributed by atoms with van der Waals surface area (Å²) in [6.07, 6.45) is 0. The van der Waals surface area contributed by atoms with E-state index in [-0.39, 0.29) is 17.7 Å². The molecule has 0 spiro atoms. The lowest BCUT2D eigenvalue weighted by atomic mass is 10.2. The van der Waals surface area contributed by atoms with E-state index in [4.69, 9.17) is 4.74 Å². The van der Waals surface area contributed by atoms with Gasteiger partial charge < -0.3 is 15.4 Å². The van der Waals surface area contributed by atoms with Gasteiger partial charge in [-0.3, -0.25) is 4.68 Å². The number of urea groups is 1. The first kappa shape index (κ1) is 17.8. The molecule has 0 unspecified atom stereocenters. The summed E-state index contributed by atoms with van der Waals surface area (Å²) < 4.78 is 20.4. The van der Waals surface area contributed by atoms with Crippen molar-refractivity contribution in [2.45, 2.75) is 27.3 Å². The summed E-state index contributed by atoms with van der Waals surface area (Å²) >= 11 is 0. The van der Waals surface area contributed by atoms with Gasteiger partial charge >= 0.3 is 6.03 Å². The molecule has 0 aliphatic carbocycles. The SMILES string of the molecule is COc1ccc(NC(=O)NC[C@H](C)Cn2nc(C)cc2C)cc1F. The van der Waals surface area contributed by atoms with E-state index in [1.165, 1.54) is 19.2 Å². The van der Waals surface area contributed by atoms with Crippen molar-refractivity contribution >= 4 is 11.7 Å². The standard InChI is InChI=1S/C17H23FN4O2/c1-11(10-22-13(3)7-12(2)21-22)9-19-17(23)20-14-5-6-16(24-4)15(18)8-14/h5-8,11H,9-10H2,1-4H3,(H2,19,20,23)/t11-/m0/s1. The normalized spacial score (nSPS) is 11.9. The Balaban J connectivity index is 1.82. The third kappa shape index (κ3) is 4.71. The minimum Gasteiger partial charge on any atom is -0.494 e. The minimum absolute atomic E-state index is 0.138. The molecular formula is C17H23FN4O2. The maximum absolute atomic E-state index is 13.6. The summed E-state index contributed by atoms with van der Waals surface area (Å²) in [5, 5.41) is 9.79. The van der Waals surface area contributed by atoms with Crippen LogP contribution in [0.3, 0.4) is 0 Å². The Bertz CT molecular complexity index is 715. The van der Waals surface area contributed by atoms with Crippen LogP contribution in [0.25, 0.3) is 0 Å². The van der Waals surface area contributed by atoms with Crippen LogP contribution in [0, 0.1) is 25.6 Å². The highest BCUT2D eigenvalue weighted by molar-refractivity contribution is 5.89. The van der Waals surface area contributed by atoms with Crippen LogP contribution in [0.5, 0.6) is 5.75 Å². The summed E-state index contributed by atoms with van der Waals surface area (Å²) in [6, 6.07) is 5.92. The van der Waals surface area contributed by atoms with Crippen LogP contribution in [-0.4, -0.2) is 29.5 Å². The zero-order valence-corrected chi connectivity index (χ0v) is 14.4. The quantitative estimate of drug-likeness (QED) is 0.853. The predicted molar refractivity (Wildman–Crippen MR) is 90.8 cm³/mol. The number of methoxy groups -OCH3 is 1. The van der Waals surface area contributed by atoms with Crippen LogP contribution >= 0.6 is 0 Å². The van der Waals surface area contributed by atoms with E-state index in [0.717, 1.165) is 17.9 Å². The minimum atomic E-state index is -0.520. The number of anilines is 1. The van der Waals surface area contributed by atoms with Gasteiger partial charge in [-0.1, -0.05) is 6.92 Å². The Hall–Kier alpha value is -2.57. The van der Waals surface area contributed by atoms with Crippen LogP contribution in [0.2, 0.25) is 0 Å². The van der Waals surface area contributed by atoms with Gasteiger partial charge in [-0.2, -0.15) is 5.10 Å². The van der Waals surface area contributed by atoms with Crippen molar-refractivity contribution in [2.75, 3.05) is 19.0 Å². The maximum Gasteiger partial charge on any atom is 0.319 e. The van der Waals surface area contributed by atoms with Gasteiger partial charge in [-0.25, -0.2) is 9.18 Å². The number of aryl methyl sites for hydroxylation is 2. The Morgan fingerprint density at radius 1 is 1.38 bits per heavy atom. The van der Waals surface area contributed by atoms with Gasteiger partial charge in [-0.15, -0.1) is 0 Å². The van der Waals surface area contributed by atoms with E-state index in [1.54, 1.807) is 6.07 Å². The molecule has 0 saturated heterocycles. The van der Waals surface area contributed by atoms with Crippen molar-refractivity contribution in [3.63, 3.8) is 0 Å². The van der Waals surface area contributed by atoms with Gasteiger partial charge in [0.1, 0.15) is 0 Å². The molecular weight excluding hydrogens is 311 g/mol. The second kappa shape index (κ2) is 7.81. The second-order valence-electron chi connectivity index (χ2n) is 5.90. The summed E-state index contributed by atoms with van der Waals surface area (Å²) in [4.78, 5) is 11.9. The number of halogens is 1. The van der Waals surface area contributed by atoms with Gasteiger partial charge in [0.15, 0.2) is 11.6 Å². The van der Waals surface area contributed by atoms with Crippen molar-refractivity contribution in [3.8, 4) is 5.75 Å². The number of hydrogen-bond acceptors (Lipinski definition) is 3. The maximum atomic E-state index is 13.6. The molecule has 6 nitrogen and oxygen atoms in total. The fourth-order valence-corrected chi connectivity index (χ4v) is 2.41. The second-order valence-corrected chi connectivity index (χ2v) is 5.90. The van der Waals surface area contributed by atoms with E-state index in [0.29, 0.717) is 12.2 Å². The van der Waals surface area contributed by atoms with Crippen LogP contribution in [-0.2, 0) is 6.54 Å². The lowest BCUT2D eigenvalue weighted by Gasteiger charge is -2.14. The highest BCUT2D eigenvalue weighted by atomic mass is 19.1. The average Bonchev–Trinajstić information content (AvgIpc) is 2.83. The molecule has 1 aromatic carbocycles. The fraction of sp³-hybridized carbons (Fsp3) is 0.412. The van der Waals surface area contributed by atoms with Gasteiger partial charge in [-0.05, 0) is 38.0 Å². The third-order valence-electron chi connectivity index (χ3n) is 3.61. The number of amides is 2. The molecule has 2 aromatic rings. The monoisotopic (exact) mass is 334 g/mol. The Morgan fingerprint density at radius 2 is 2.12 bits per heavy atom. The van der Waals surface area contributed by atoms with Crippen molar-refractivity contribution in [2.24, 2.45) is 5.92 Å². The van der Waals surface area contributed by atoms with Gasteiger partial charge in [0.2, 0.25) is 0 Å². The van der Waals surface area contributed by atoms with Crippen LogP contribution < -0.4 is 15.4 Å². The highest BCUT2D eigenvalue weighted by Crippen LogP contribution is 2.20. The van der Waals surface area contributed by atoms with Crippen molar-refractivity contribution in [1.29, 1.82) is 0 Å². The van der Waals surface area contributed by atoms with E-state index >= 15 is 0 Å². The smallest absolute Gasteiger partial charge is 0.319 e. The Kier molecular flexibility index (Phi) is 5.78. The van der Waals surface area contributed by atoms with Gasteiger partial charge in [0.25, 0.3) is 0 Å². The Morgan fingerprint density at radius 3 is 2.71 bits per heavy atom. The first-order valence-electron chi connectivity index (χ1n) is 7.78. The number of nitrogens with one attached hydrogen (secondary N) is 2. The summed E-state index contributed by atoms with van der Waals surface area (Å²) in [5.74, 6) is -0.172. The lowest BCUT2D eigenvalue weighted by molar-refractivity contribution is 0.249. The number of carbonyl (C=O) groups is 1. The molecule has 7 heteroatoms. The zero-order chi connectivity index (χ0) is 17.7. The van der Waals surface area contributed by atoms with E-state index in [1.807, 2.05) is 31.5 Å². The van der Waals surface area contributed by atoms with Crippen molar-refractivity contribution in [3.05, 3.63) is 41.5 Å². The summed E-state index contributed by atoms with van der Waals surface area (Å²) in [7, 11) is 1.39. The number of rotatable bonds is 6. The molecule has 2 rings (SSSR count). The summed E-state index contributed by atoms with van der Waals surface area (Å²) in [6.45, 7) is 7.20. The number of ether oxygens (including phenoxy) is 1. The van der Waals surface area contributed by atoms with Crippen LogP contribution in [0.1, 0.15) is 18.3 Å². The molecule has 24 heavy (non-hydrogen) atoms. The molecule has 0 aliphatic rings. The summed E-state index contributed by atoms with van der Waals surface area (Å²) in [5.41, 5.74) is 2.45. The topological polar surface area (TPSA) is 68.2 Å². The molecule has 0 bridgehead atoms. The average molecular weight is 334 g/mol. The van der Waals surface area contributed by atoms with Crippen LogP contribution in [0.4, 0.5) is 14.9 Å². The van der Waals surface area contributed by atoms with Gasteiger partial charge in [0, 0.05) is 30.5 Å². The first-order valence-corrected chi connectivity index (χ1v) is 7.78. The zero-order valence-electron chi connectivity index (χ0n) is 14.4. The first-order chi connectivity index (χ1) is 11.4. The number of carbonyl (C=O) groups excluding carboxylic acids is 1. The van der Waals surface area contributed by atoms with E-state index < -0.39 is 5.82 Å². The van der Waals surface area contributed by atoms with E-state index in [9.17, 15) is 9.18 Å². The molecule has 1 atom stereocenters. The highest BCUT2D eigenvalue weighted by Gasteiger charge is 2.10. The molecule has 1 aromatic heterocycles. The third-order valence-corrected chi connectivity index (χ3v) is 3.61. The number of hydrogen-bond donors (Lipinski definition) is 2. The molecule has 0 fully saturated rings. The van der Waals surface area contributed by atoms with Crippen molar-refractivity contribution < 1.29 is 13.9 Å². The van der Waals surface area contributed by atoms with E-state index in [2.05, 4.69) is 15.7 Å². The molecule has 2 amide bonds. The largest absolute Gasteiger partial charge is 0.494 e. The molecule has 130 valence electrons. The molecule has 0 aliphatic heterocycles. The molecule has 1 heterocycles. The number of aromatic nitrogens is 2. The number of nitrogens with zero attached hydrogens (tertiary/aromatic N) is 2. The molecule has 0 saturated carbocycles. The lowest BCUT2D eigenvalue weighted by Crippen LogP contribution is -2.33. The van der Waals surface area contributed by atoms with Gasteiger partial charge in [0.05, 0.1) is 12.8 Å². The molecule has 2 N–H and O–H groups in total. The number of benzene rings is 1. The fourth-order valence-electron chi connectivity index (χ4n) is 2.41. The Labute approximate surface area is 141 Å². The van der Waals surface area contributed by atoms with Crippen molar-refractivity contribution in [1.82, 2.24) is 15.1 Å². The molecule has 0 radical (unpaired) electrons.